The Morgan fingerprint density at radius 1 is 0.818 bits per heavy atom. The van der Waals surface area contributed by atoms with E-state index in [-0.39, 0.29) is 11.6 Å². The van der Waals surface area contributed by atoms with Crippen LogP contribution in [-0.2, 0) is 12.1 Å². The number of benzene rings is 3. The molecule has 1 aliphatic heterocycles. The van der Waals surface area contributed by atoms with Crippen LogP contribution in [0.3, 0.4) is 0 Å². The van der Waals surface area contributed by atoms with E-state index in [1.807, 2.05) is 4.90 Å². The minimum atomic E-state index is -1.50. The van der Waals surface area contributed by atoms with E-state index >= 15 is 0 Å². The van der Waals surface area contributed by atoms with Crippen molar-refractivity contribution < 1.29 is 14.0 Å². The smallest absolute Gasteiger partial charge is 0.196 e. The maximum absolute atomic E-state index is 14.3. The second kappa shape index (κ2) is 8.32. The maximum atomic E-state index is 14.3. The van der Waals surface area contributed by atoms with Gasteiger partial charge < -0.3 is 0 Å². The van der Waals surface area contributed by atoms with Crippen LogP contribution in [0.25, 0.3) is 0 Å². The molecule has 0 radical (unpaired) electrons. The molecule has 0 saturated carbocycles. The Kier molecular flexibility index (Phi) is 5.47. The van der Waals surface area contributed by atoms with Crippen LogP contribution in [0.2, 0.25) is 0 Å². The summed E-state index contributed by atoms with van der Waals surface area (Å²) in [5.74, 6) is -0.954. The predicted molar refractivity (Wildman–Crippen MR) is 126 cm³/mol. The quantitative estimate of drug-likeness (QED) is 0.557. The molecule has 0 N–H and O–H groups in total. The van der Waals surface area contributed by atoms with Gasteiger partial charge in [-0.25, -0.2) is 4.39 Å². The van der Waals surface area contributed by atoms with Gasteiger partial charge in [-0.15, -0.1) is 0 Å². The Morgan fingerprint density at radius 3 is 2.09 bits per heavy atom. The molecule has 5 rings (SSSR count). The third kappa shape index (κ3) is 3.52. The first-order valence-corrected chi connectivity index (χ1v) is 11.4. The lowest BCUT2D eigenvalue weighted by molar-refractivity contribution is 0.0278. The van der Waals surface area contributed by atoms with E-state index in [4.69, 9.17) is 0 Å². The van der Waals surface area contributed by atoms with Crippen molar-refractivity contribution in [3.63, 3.8) is 0 Å². The number of hydrogen-bond acceptors (Lipinski definition) is 4. The molecule has 0 aromatic heterocycles. The summed E-state index contributed by atoms with van der Waals surface area (Å²) in [6, 6.07) is 19.4. The van der Waals surface area contributed by atoms with E-state index in [2.05, 4.69) is 36.9 Å². The SMILES string of the molecule is Cc1ccc(CN2CCN(C3(c4cccc(F)c4)C(=O)c4ccccc4C3=O)CC2)c(C)c1. The molecule has 1 fully saturated rings. The van der Waals surface area contributed by atoms with Gasteiger partial charge in [0.25, 0.3) is 0 Å². The number of ketones is 2. The van der Waals surface area contributed by atoms with Gasteiger partial charge in [-0.2, -0.15) is 0 Å². The van der Waals surface area contributed by atoms with Crippen LogP contribution in [0, 0.1) is 19.7 Å². The first kappa shape index (κ1) is 21.7. The van der Waals surface area contributed by atoms with Gasteiger partial charge in [0.15, 0.2) is 17.1 Å². The van der Waals surface area contributed by atoms with Crippen molar-refractivity contribution in [2.24, 2.45) is 0 Å². The minimum Gasteiger partial charge on any atom is -0.297 e. The van der Waals surface area contributed by atoms with E-state index in [9.17, 15) is 14.0 Å². The molecule has 1 heterocycles. The van der Waals surface area contributed by atoms with Crippen LogP contribution in [0.5, 0.6) is 0 Å². The Balaban J connectivity index is 1.46. The monoisotopic (exact) mass is 442 g/mol. The molecule has 1 aliphatic carbocycles. The van der Waals surface area contributed by atoms with E-state index in [0.717, 1.165) is 19.6 Å². The van der Waals surface area contributed by atoms with Gasteiger partial charge in [0.2, 0.25) is 0 Å². The fourth-order valence-corrected chi connectivity index (χ4v) is 5.32. The van der Waals surface area contributed by atoms with Gasteiger partial charge in [0.1, 0.15) is 5.82 Å². The van der Waals surface area contributed by atoms with E-state index in [1.165, 1.54) is 28.8 Å². The molecule has 0 amide bonds. The second-order valence-electron chi connectivity index (χ2n) is 9.12. The molecule has 5 heteroatoms. The van der Waals surface area contributed by atoms with Gasteiger partial charge in [0, 0.05) is 43.9 Å². The van der Waals surface area contributed by atoms with Crippen molar-refractivity contribution in [2.75, 3.05) is 26.2 Å². The molecule has 3 aromatic rings. The van der Waals surface area contributed by atoms with Crippen LogP contribution >= 0.6 is 0 Å². The summed E-state index contributed by atoms with van der Waals surface area (Å²) in [5, 5.41) is 0. The van der Waals surface area contributed by atoms with Crippen LogP contribution < -0.4 is 0 Å². The number of Topliss-reactive ketones (excluding diaryl/α,β-unsaturated/α-hetero) is 2. The number of piperazine rings is 1. The normalized spacial score (nSPS) is 18.5. The Morgan fingerprint density at radius 2 is 1.48 bits per heavy atom. The number of aryl methyl sites for hydroxylation is 2. The van der Waals surface area contributed by atoms with Crippen molar-refractivity contribution in [1.82, 2.24) is 9.80 Å². The molecule has 2 aliphatic rings. The highest BCUT2D eigenvalue weighted by atomic mass is 19.1. The molecule has 0 bridgehead atoms. The van der Waals surface area contributed by atoms with Gasteiger partial charge in [-0.3, -0.25) is 19.4 Å². The molecule has 33 heavy (non-hydrogen) atoms. The van der Waals surface area contributed by atoms with Crippen LogP contribution in [-0.4, -0.2) is 47.5 Å². The summed E-state index contributed by atoms with van der Waals surface area (Å²) in [6.07, 6.45) is 0. The predicted octanol–water partition coefficient (Wildman–Crippen LogP) is 4.53. The van der Waals surface area contributed by atoms with Crippen molar-refractivity contribution in [3.8, 4) is 0 Å². The number of rotatable bonds is 4. The fraction of sp³-hybridized carbons (Fsp3) is 0.286. The highest BCUT2D eigenvalue weighted by Crippen LogP contribution is 2.43. The molecular weight excluding hydrogens is 415 g/mol. The van der Waals surface area contributed by atoms with Gasteiger partial charge in [-0.05, 0) is 42.7 Å². The van der Waals surface area contributed by atoms with Crippen LogP contribution in [0.15, 0.2) is 66.7 Å². The summed E-state index contributed by atoms with van der Waals surface area (Å²) in [4.78, 5) is 31.9. The molecule has 1 saturated heterocycles. The van der Waals surface area contributed by atoms with Crippen molar-refractivity contribution in [3.05, 3.63) is 106 Å². The molecule has 0 spiro atoms. The Labute approximate surface area is 193 Å². The maximum Gasteiger partial charge on any atom is 0.196 e. The molecule has 4 nitrogen and oxygen atoms in total. The molecule has 0 unspecified atom stereocenters. The average Bonchev–Trinajstić information content (AvgIpc) is 3.04. The Hall–Kier alpha value is -3.15. The number of hydrogen-bond donors (Lipinski definition) is 0. The lowest BCUT2D eigenvalue weighted by Gasteiger charge is -2.44. The zero-order valence-electron chi connectivity index (χ0n) is 19.0. The number of carbonyl (C=O) groups is 2. The number of halogens is 1. The summed E-state index contributed by atoms with van der Waals surface area (Å²) in [7, 11) is 0. The summed E-state index contributed by atoms with van der Waals surface area (Å²) < 4.78 is 14.3. The standard InChI is InChI=1S/C28H27FN2O2/c1-19-10-11-21(20(2)16-19)18-30-12-14-31(15-13-30)28(22-6-5-7-23(29)17-22)26(32)24-8-3-4-9-25(24)27(28)33/h3-11,16-17H,12-15,18H2,1-2H3. The molecule has 0 atom stereocenters. The highest BCUT2D eigenvalue weighted by Gasteiger charge is 2.58. The number of fused-ring (bicyclic) bond motifs is 1. The van der Waals surface area contributed by atoms with E-state index in [1.54, 1.807) is 36.4 Å². The third-order valence-corrected chi connectivity index (χ3v) is 7.05. The highest BCUT2D eigenvalue weighted by molar-refractivity contribution is 6.32. The second-order valence-corrected chi connectivity index (χ2v) is 9.12. The zero-order valence-corrected chi connectivity index (χ0v) is 19.0. The van der Waals surface area contributed by atoms with Gasteiger partial charge >= 0.3 is 0 Å². The molecule has 3 aromatic carbocycles. The third-order valence-electron chi connectivity index (χ3n) is 7.05. The molecule has 168 valence electrons. The summed E-state index contributed by atoms with van der Waals surface area (Å²) in [5.41, 5.74) is 3.55. The summed E-state index contributed by atoms with van der Waals surface area (Å²) >= 11 is 0. The first-order chi connectivity index (χ1) is 15.9. The van der Waals surface area contributed by atoms with Gasteiger partial charge in [-0.1, -0.05) is 60.2 Å². The lowest BCUT2D eigenvalue weighted by atomic mass is 9.82. The topological polar surface area (TPSA) is 40.6 Å². The van der Waals surface area contributed by atoms with Crippen LogP contribution in [0.4, 0.5) is 4.39 Å². The largest absolute Gasteiger partial charge is 0.297 e. The minimum absolute atomic E-state index is 0.253. The van der Waals surface area contributed by atoms with E-state index < -0.39 is 11.4 Å². The number of nitrogens with zero attached hydrogens (tertiary/aromatic N) is 2. The van der Waals surface area contributed by atoms with Crippen molar-refractivity contribution in [2.45, 2.75) is 25.9 Å². The number of carbonyl (C=O) groups excluding carboxylic acids is 2. The average molecular weight is 443 g/mol. The fourth-order valence-electron chi connectivity index (χ4n) is 5.32. The summed E-state index contributed by atoms with van der Waals surface area (Å²) in [6.45, 7) is 7.59. The Bertz CT molecular complexity index is 1210. The van der Waals surface area contributed by atoms with Crippen molar-refractivity contribution >= 4 is 11.6 Å². The van der Waals surface area contributed by atoms with Gasteiger partial charge in [0.05, 0.1) is 0 Å². The van der Waals surface area contributed by atoms with Crippen LogP contribution in [0.1, 0.15) is 43.0 Å². The first-order valence-electron chi connectivity index (χ1n) is 11.4. The molecular formula is C28H27FN2O2. The zero-order chi connectivity index (χ0) is 23.2. The van der Waals surface area contributed by atoms with E-state index in [0.29, 0.717) is 29.8 Å². The lowest BCUT2D eigenvalue weighted by Crippen LogP contribution is -2.60. The van der Waals surface area contributed by atoms with Crippen molar-refractivity contribution in [1.29, 1.82) is 0 Å².